The van der Waals surface area contributed by atoms with E-state index in [1.165, 1.54) is 6.26 Å². The number of hydrogen-bond donors (Lipinski definition) is 0. The number of ether oxygens (including phenoxy) is 1. The normalized spacial score (nSPS) is 9.00. The molecule has 0 bridgehead atoms. The molecule has 0 saturated carbocycles. The van der Waals surface area contributed by atoms with Gasteiger partial charge in [-0.3, -0.25) is 0 Å². The predicted molar refractivity (Wildman–Crippen MR) is 39.3 cm³/mol. The van der Waals surface area contributed by atoms with E-state index in [4.69, 9.17) is 9.68 Å². The van der Waals surface area contributed by atoms with E-state index >= 15 is 0 Å². The van der Waals surface area contributed by atoms with Crippen LogP contribution in [0.15, 0.2) is 16.7 Å². The molecule has 62 valence electrons. The highest BCUT2D eigenvalue weighted by molar-refractivity contribution is 5.87. The molecule has 0 N–H and O–H groups in total. The topological polar surface area (TPSA) is 63.2 Å². The van der Waals surface area contributed by atoms with E-state index in [0.29, 0.717) is 5.56 Å². The highest BCUT2D eigenvalue weighted by Crippen LogP contribution is 2.09. The number of esters is 1. The third-order valence-electron chi connectivity index (χ3n) is 1.32. The zero-order valence-electron chi connectivity index (χ0n) is 6.53. The third kappa shape index (κ3) is 1.64. The molecule has 12 heavy (non-hydrogen) atoms. The number of furan rings is 1. The summed E-state index contributed by atoms with van der Waals surface area (Å²) in [5.41, 5.74) is 0.706. The Hall–Kier alpha value is -1.76. The predicted octanol–water partition coefficient (Wildman–Crippen LogP) is 1.27. The van der Waals surface area contributed by atoms with E-state index in [1.54, 1.807) is 19.1 Å². The van der Waals surface area contributed by atoms with Gasteiger partial charge in [0.1, 0.15) is 6.07 Å². The Morgan fingerprint density at radius 3 is 3.08 bits per heavy atom. The lowest BCUT2D eigenvalue weighted by molar-refractivity contribution is 0.0518. The second-order valence-corrected chi connectivity index (χ2v) is 2.17. The fraction of sp³-hybridized carbons (Fsp3) is 0.250. The summed E-state index contributed by atoms with van der Waals surface area (Å²) >= 11 is 0. The fourth-order valence-electron chi connectivity index (χ4n) is 0.745. The lowest BCUT2D eigenvalue weighted by atomic mass is 10.3. The van der Waals surface area contributed by atoms with Gasteiger partial charge in [0.25, 0.3) is 0 Å². The van der Waals surface area contributed by atoms with Crippen LogP contribution in [0.5, 0.6) is 0 Å². The van der Waals surface area contributed by atoms with Crippen LogP contribution in [0.2, 0.25) is 0 Å². The number of nitrogens with zero attached hydrogens (tertiary/aromatic N) is 1. The minimum atomic E-state index is -0.598. The van der Waals surface area contributed by atoms with Crippen molar-refractivity contribution in [2.24, 2.45) is 0 Å². The molecule has 4 heteroatoms. The first-order valence-electron chi connectivity index (χ1n) is 3.34. The molecule has 0 atom stereocenters. The Labute approximate surface area is 69.4 Å². The molecule has 0 aliphatic rings. The first kappa shape index (κ1) is 8.34. The summed E-state index contributed by atoms with van der Waals surface area (Å²) in [4.78, 5) is 11.0. The maximum Gasteiger partial charge on any atom is 0.375 e. The minimum Gasteiger partial charge on any atom is -0.457 e. The zero-order valence-corrected chi connectivity index (χ0v) is 6.53. The van der Waals surface area contributed by atoms with Gasteiger partial charge < -0.3 is 9.15 Å². The number of rotatable bonds is 2. The largest absolute Gasteiger partial charge is 0.457 e. The Bertz CT molecular complexity index is 321. The summed E-state index contributed by atoms with van der Waals surface area (Å²) in [6.45, 7) is 1.48. The Morgan fingerprint density at radius 2 is 2.58 bits per heavy atom. The van der Waals surface area contributed by atoms with Crippen LogP contribution >= 0.6 is 0 Å². The summed E-state index contributed by atoms with van der Waals surface area (Å²) < 4.78 is 9.36. The molecule has 0 aromatic carbocycles. The van der Waals surface area contributed by atoms with Crippen molar-refractivity contribution >= 4 is 5.97 Å². The lowest BCUT2D eigenvalue weighted by Gasteiger charge is -1.96. The van der Waals surface area contributed by atoms with Crippen LogP contribution in [0, 0.1) is 18.3 Å². The molecular weight excluding hydrogens is 158 g/mol. The number of carbonyl (C=O) groups is 1. The van der Waals surface area contributed by atoms with Gasteiger partial charge in [-0.25, -0.2) is 4.79 Å². The molecule has 1 heterocycles. The average Bonchev–Trinajstić information content (AvgIpc) is 2.47. The van der Waals surface area contributed by atoms with Crippen LogP contribution in [0.4, 0.5) is 0 Å². The molecule has 0 aliphatic heterocycles. The van der Waals surface area contributed by atoms with Crippen LogP contribution in [0.1, 0.15) is 16.1 Å². The van der Waals surface area contributed by atoms with Crippen molar-refractivity contribution in [3.63, 3.8) is 0 Å². The molecule has 0 aliphatic carbocycles. The first-order chi connectivity index (χ1) is 5.75. The van der Waals surface area contributed by atoms with Gasteiger partial charge in [0, 0.05) is 5.56 Å². The molecule has 0 spiro atoms. The summed E-state index contributed by atoms with van der Waals surface area (Å²) in [5.74, 6) is -0.440. The molecule has 1 aromatic heterocycles. The SMILES string of the molecule is Cc1ccoc1C(=O)OCC#N. The van der Waals surface area contributed by atoms with Crippen LogP contribution < -0.4 is 0 Å². The molecule has 1 aromatic rings. The van der Waals surface area contributed by atoms with Crippen molar-refractivity contribution < 1.29 is 13.9 Å². The highest BCUT2D eigenvalue weighted by Gasteiger charge is 2.13. The maximum atomic E-state index is 11.0. The Balaban J connectivity index is 2.67. The molecule has 0 saturated heterocycles. The van der Waals surface area contributed by atoms with E-state index in [2.05, 4.69) is 4.74 Å². The van der Waals surface area contributed by atoms with Gasteiger partial charge in [0.2, 0.25) is 5.76 Å². The van der Waals surface area contributed by atoms with E-state index in [0.717, 1.165) is 0 Å². The summed E-state index contributed by atoms with van der Waals surface area (Å²) in [7, 11) is 0. The van der Waals surface area contributed by atoms with Crippen molar-refractivity contribution in [1.29, 1.82) is 5.26 Å². The molecule has 1 rings (SSSR count). The third-order valence-corrected chi connectivity index (χ3v) is 1.32. The van der Waals surface area contributed by atoms with Gasteiger partial charge >= 0.3 is 5.97 Å². The summed E-state index contributed by atoms with van der Waals surface area (Å²) in [6.07, 6.45) is 1.40. The second kappa shape index (κ2) is 3.58. The van der Waals surface area contributed by atoms with Gasteiger partial charge in [-0.15, -0.1) is 0 Å². The standard InChI is InChI=1S/C8H7NO3/c1-6-2-4-11-7(6)8(10)12-5-3-9/h2,4H,5H2,1H3. The van der Waals surface area contributed by atoms with Crippen molar-refractivity contribution in [2.45, 2.75) is 6.92 Å². The number of carbonyl (C=O) groups excluding carboxylic acids is 1. The Kier molecular flexibility index (Phi) is 2.49. The molecule has 0 unspecified atom stereocenters. The van der Waals surface area contributed by atoms with Crippen molar-refractivity contribution in [3.8, 4) is 6.07 Å². The molecule has 0 fully saturated rings. The van der Waals surface area contributed by atoms with E-state index in [-0.39, 0.29) is 12.4 Å². The molecule has 4 nitrogen and oxygen atoms in total. The van der Waals surface area contributed by atoms with E-state index < -0.39 is 5.97 Å². The average molecular weight is 165 g/mol. The summed E-state index contributed by atoms with van der Waals surface area (Å²) in [6, 6.07) is 3.35. The van der Waals surface area contributed by atoms with Crippen LogP contribution in [0.25, 0.3) is 0 Å². The maximum absolute atomic E-state index is 11.0. The summed E-state index contributed by atoms with van der Waals surface area (Å²) in [5, 5.41) is 8.12. The lowest BCUT2D eigenvalue weighted by Crippen LogP contribution is -2.05. The smallest absolute Gasteiger partial charge is 0.375 e. The van der Waals surface area contributed by atoms with Crippen molar-refractivity contribution in [2.75, 3.05) is 6.61 Å². The first-order valence-corrected chi connectivity index (χ1v) is 3.34. The van der Waals surface area contributed by atoms with Gasteiger partial charge in [-0.2, -0.15) is 5.26 Å². The van der Waals surface area contributed by atoms with Crippen molar-refractivity contribution in [1.82, 2.24) is 0 Å². The minimum absolute atomic E-state index is 0.158. The van der Waals surface area contributed by atoms with Crippen LogP contribution in [-0.4, -0.2) is 12.6 Å². The number of hydrogen-bond acceptors (Lipinski definition) is 4. The molecular formula is C8H7NO3. The van der Waals surface area contributed by atoms with E-state index in [1.807, 2.05) is 0 Å². The monoisotopic (exact) mass is 165 g/mol. The molecule has 0 radical (unpaired) electrons. The van der Waals surface area contributed by atoms with Gasteiger partial charge in [0.05, 0.1) is 6.26 Å². The van der Waals surface area contributed by atoms with Crippen molar-refractivity contribution in [3.05, 3.63) is 23.7 Å². The zero-order chi connectivity index (χ0) is 8.97. The number of nitriles is 1. The van der Waals surface area contributed by atoms with Crippen LogP contribution in [-0.2, 0) is 4.74 Å². The quantitative estimate of drug-likeness (QED) is 0.619. The second-order valence-electron chi connectivity index (χ2n) is 2.17. The van der Waals surface area contributed by atoms with Gasteiger partial charge in [0.15, 0.2) is 6.61 Å². The number of aryl methyl sites for hydroxylation is 1. The molecule has 0 amide bonds. The Morgan fingerprint density at radius 1 is 1.83 bits per heavy atom. The van der Waals surface area contributed by atoms with Gasteiger partial charge in [-0.05, 0) is 13.0 Å². The van der Waals surface area contributed by atoms with E-state index in [9.17, 15) is 4.79 Å². The van der Waals surface area contributed by atoms with Gasteiger partial charge in [-0.1, -0.05) is 0 Å². The van der Waals surface area contributed by atoms with Crippen LogP contribution in [0.3, 0.4) is 0 Å². The fourth-order valence-corrected chi connectivity index (χ4v) is 0.745. The highest BCUT2D eigenvalue weighted by atomic mass is 16.5.